The molecule has 1 amide bonds. The maximum atomic E-state index is 13.5. The Morgan fingerprint density at radius 3 is 2.53 bits per heavy atom. The standard InChI is InChI=1S/C28H29N3O4S/c1-3-35-27(33)24-25(19-7-5-4-6-8-19)30-28-31(26(24)20-11-13-22(34-2)14-12-20)21(17-36-28)15-23(32)29-16-18-9-10-18/h4-8,11-14,17-18,26H,3,9-10,15-16H2,1-2H3,(H,29,32)/t26-/m1/s1. The first-order chi connectivity index (χ1) is 17.6. The average molecular weight is 504 g/mol. The number of thioether (sulfide) groups is 1. The molecule has 2 aliphatic heterocycles. The summed E-state index contributed by atoms with van der Waals surface area (Å²) in [5, 5.41) is 5.74. The van der Waals surface area contributed by atoms with Gasteiger partial charge in [-0.2, -0.15) is 0 Å². The van der Waals surface area contributed by atoms with Crippen LogP contribution in [-0.4, -0.2) is 42.2 Å². The van der Waals surface area contributed by atoms with Crippen molar-refractivity contribution in [2.24, 2.45) is 10.9 Å². The van der Waals surface area contributed by atoms with E-state index in [1.165, 1.54) is 24.6 Å². The molecule has 2 aromatic rings. The first-order valence-electron chi connectivity index (χ1n) is 12.2. The zero-order valence-electron chi connectivity index (χ0n) is 20.4. The molecule has 0 spiro atoms. The van der Waals surface area contributed by atoms with Crippen LogP contribution >= 0.6 is 11.8 Å². The van der Waals surface area contributed by atoms with E-state index in [1.54, 1.807) is 14.0 Å². The Balaban J connectivity index is 1.58. The van der Waals surface area contributed by atoms with Gasteiger partial charge in [0.2, 0.25) is 5.91 Å². The van der Waals surface area contributed by atoms with Gasteiger partial charge in [0.05, 0.1) is 37.4 Å². The number of ether oxygens (including phenoxy) is 2. The van der Waals surface area contributed by atoms with Gasteiger partial charge in [-0.3, -0.25) is 4.79 Å². The normalized spacial score (nSPS) is 18.8. The van der Waals surface area contributed by atoms with Crippen molar-refractivity contribution in [3.05, 3.63) is 82.4 Å². The molecule has 186 valence electrons. The van der Waals surface area contributed by atoms with Crippen LogP contribution in [0.15, 0.2) is 76.3 Å². The number of nitrogens with one attached hydrogen (secondary N) is 1. The number of carbonyl (C=O) groups excluding carboxylic acids is 2. The topological polar surface area (TPSA) is 80.2 Å². The number of methoxy groups -OCH3 is 1. The lowest BCUT2D eigenvalue weighted by molar-refractivity contribution is -0.139. The quantitative estimate of drug-likeness (QED) is 0.491. The molecule has 1 aliphatic carbocycles. The van der Waals surface area contributed by atoms with E-state index in [1.807, 2.05) is 64.9 Å². The highest BCUT2D eigenvalue weighted by atomic mass is 32.2. The second-order valence-electron chi connectivity index (χ2n) is 8.94. The van der Waals surface area contributed by atoms with E-state index in [4.69, 9.17) is 14.5 Å². The molecule has 3 aliphatic rings. The molecule has 1 saturated carbocycles. The molecule has 7 nitrogen and oxygen atoms in total. The molecule has 1 fully saturated rings. The zero-order valence-corrected chi connectivity index (χ0v) is 21.2. The molecule has 0 aromatic heterocycles. The van der Waals surface area contributed by atoms with Gasteiger partial charge < -0.3 is 19.7 Å². The number of benzene rings is 2. The number of rotatable bonds is 9. The zero-order chi connectivity index (χ0) is 25.1. The molecule has 1 atom stereocenters. The summed E-state index contributed by atoms with van der Waals surface area (Å²) in [6.45, 7) is 2.76. The fraction of sp³-hybridized carbons (Fsp3) is 0.321. The molecule has 0 unspecified atom stereocenters. The lowest BCUT2D eigenvalue weighted by Crippen LogP contribution is -2.38. The molecular formula is C28H29N3O4S. The maximum absolute atomic E-state index is 13.5. The van der Waals surface area contributed by atoms with Gasteiger partial charge in [-0.15, -0.1) is 0 Å². The second-order valence-corrected chi connectivity index (χ2v) is 9.78. The molecule has 0 saturated heterocycles. The van der Waals surface area contributed by atoms with Crippen LogP contribution in [0.25, 0.3) is 5.70 Å². The van der Waals surface area contributed by atoms with E-state index in [9.17, 15) is 9.59 Å². The third-order valence-corrected chi connectivity index (χ3v) is 7.30. The first kappa shape index (κ1) is 24.2. The Bertz CT molecular complexity index is 1230. The number of nitrogens with zero attached hydrogens (tertiary/aromatic N) is 2. The molecular weight excluding hydrogens is 474 g/mol. The highest BCUT2D eigenvalue weighted by Gasteiger charge is 2.42. The summed E-state index contributed by atoms with van der Waals surface area (Å²) in [6, 6.07) is 16.8. The van der Waals surface area contributed by atoms with E-state index in [0.717, 1.165) is 27.7 Å². The highest BCUT2D eigenvalue weighted by Crippen LogP contribution is 2.47. The Labute approximate surface area is 215 Å². The summed E-state index contributed by atoms with van der Waals surface area (Å²) in [5.74, 6) is 0.875. The Morgan fingerprint density at radius 2 is 1.86 bits per heavy atom. The van der Waals surface area contributed by atoms with Crippen molar-refractivity contribution >= 4 is 34.5 Å². The van der Waals surface area contributed by atoms with Crippen molar-refractivity contribution in [2.45, 2.75) is 32.2 Å². The van der Waals surface area contributed by atoms with Crippen LogP contribution in [0.5, 0.6) is 5.75 Å². The SMILES string of the molecule is CCOC(=O)C1=C(c2ccccc2)N=C2SC=C(CC(=O)NCC3CC3)N2[C@@H]1c1ccc(OC)cc1. The van der Waals surface area contributed by atoms with Crippen LogP contribution in [0.1, 0.15) is 43.4 Å². The summed E-state index contributed by atoms with van der Waals surface area (Å²) in [4.78, 5) is 33.2. The smallest absolute Gasteiger partial charge is 0.338 e. The number of amidine groups is 1. The summed E-state index contributed by atoms with van der Waals surface area (Å²) in [5.41, 5.74) is 3.56. The summed E-state index contributed by atoms with van der Waals surface area (Å²) < 4.78 is 10.9. The largest absolute Gasteiger partial charge is 0.497 e. The van der Waals surface area contributed by atoms with Gasteiger partial charge in [0, 0.05) is 17.8 Å². The highest BCUT2D eigenvalue weighted by molar-refractivity contribution is 8.16. The van der Waals surface area contributed by atoms with Crippen LogP contribution in [-0.2, 0) is 14.3 Å². The minimum Gasteiger partial charge on any atom is -0.497 e. The van der Waals surface area contributed by atoms with Crippen LogP contribution in [0, 0.1) is 5.92 Å². The number of hydrogen-bond donors (Lipinski definition) is 1. The number of amides is 1. The fourth-order valence-corrected chi connectivity index (χ4v) is 5.32. The predicted molar refractivity (Wildman–Crippen MR) is 141 cm³/mol. The van der Waals surface area contributed by atoms with Crippen molar-refractivity contribution in [3.8, 4) is 5.75 Å². The van der Waals surface area contributed by atoms with E-state index in [2.05, 4.69) is 5.32 Å². The third-order valence-electron chi connectivity index (χ3n) is 6.41. The number of fused-ring (bicyclic) bond motifs is 1. The number of esters is 1. The third kappa shape index (κ3) is 5.04. The van der Waals surface area contributed by atoms with E-state index >= 15 is 0 Å². The van der Waals surface area contributed by atoms with Crippen LogP contribution in [0.4, 0.5) is 0 Å². The summed E-state index contributed by atoms with van der Waals surface area (Å²) >= 11 is 1.47. The van der Waals surface area contributed by atoms with Gasteiger partial charge in [0.1, 0.15) is 5.75 Å². The van der Waals surface area contributed by atoms with Gasteiger partial charge in [0.25, 0.3) is 0 Å². The van der Waals surface area contributed by atoms with Crippen molar-refractivity contribution in [2.75, 3.05) is 20.3 Å². The Kier molecular flexibility index (Phi) is 7.13. The maximum Gasteiger partial charge on any atom is 0.338 e. The van der Waals surface area contributed by atoms with Crippen LogP contribution in [0.2, 0.25) is 0 Å². The number of carbonyl (C=O) groups is 2. The molecule has 36 heavy (non-hydrogen) atoms. The number of hydrogen-bond acceptors (Lipinski definition) is 7. The molecule has 1 N–H and O–H groups in total. The first-order valence-corrected chi connectivity index (χ1v) is 13.1. The van der Waals surface area contributed by atoms with Crippen molar-refractivity contribution in [1.29, 1.82) is 0 Å². The summed E-state index contributed by atoms with van der Waals surface area (Å²) in [7, 11) is 1.62. The van der Waals surface area contributed by atoms with Crippen molar-refractivity contribution in [1.82, 2.24) is 10.2 Å². The minimum absolute atomic E-state index is 0.0287. The molecule has 5 rings (SSSR count). The molecule has 8 heteroatoms. The van der Waals surface area contributed by atoms with Crippen LogP contribution < -0.4 is 10.1 Å². The van der Waals surface area contributed by atoms with Gasteiger partial charge in [-0.25, -0.2) is 9.79 Å². The lowest BCUT2D eigenvalue weighted by atomic mass is 9.91. The summed E-state index contributed by atoms with van der Waals surface area (Å²) in [6.07, 6.45) is 2.57. The monoisotopic (exact) mass is 503 g/mol. The van der Waals surface area contributed by atoms with Crippen molar-refractivity contribution in [3.63, 3.8) is 0 Å². The fourth-order valence-electron chi connectivity index (χ4n) is 4.40. The molecule has 2 aromatic carbocycles. The molecule has 0 radical (unpaired) electrons. The van der Waals surface area contributed by atoms with Gasteiger partial charge in [0.15, 0.2) is 5.17 Å². The minimum atomic E-state index is -0.504. The van der Waals surface area contributed by atoms with Gasteiger partial charge in [-0.05, 0) is 48.8 Å². The van der Waals surface area contributed by atoms with Crippen LogP contribution in [0.3, 0.4) is 0 Å². The average Bonchev–Trinajstić information content (AvgIpc) is 3.66. The lowest BCUT2D eigenvalue weighted by Gasteiger charge is -2.36. The Hall–Kier alpha value is -3.52. The molecule has 2 heterocycles. The van der Waals surface area contributed by atoms with E-state index in [0.29, 0.717) is 23.7 Å². The van der Waals surface area contributed by atoms with E-state index < -0.39 is 12.0 Å². The van der Waals surface area contributed by atoms with Gasteiger partial charge >= 0.3 is 5.97 Å². The predicted octanol–water partition coefficient (Wildman–Crippen LogP) is 4.89. The molecule has 0 bridgehead atoms. The van der Waals surface area contributed by atoms with E-state index in [-0.39, 0.29) is 18.9 Å². The Morgan fingerprint density at radius 1 is 1.11 bits per heavy atom. The van der Waals surface area contributed by atoms with Gasteiger partial charge in [-0.1, -0.05) is 54.2 Å². The number of aliphatic imine (C=N–C) groups is 1. The van der Waals surface area contributed by atoms with Crippen molar-refractivity contribution < 1.29 is 19.1 Å². The second kappa shape index (κ2) is 10.6.